The third-order valence-electron chi connectivity index (χ3n) is 5.21. The highest BCUT2D eigenvalue weighted by Gasteiger charge is 2.44. The van der Waals surface area contributed by atoms with Gasteiger partial charge in [0, 0.05) is 26.3 Å². The summed E-state index contributed by atoms with van der Waals surface area (Å²) >= 11 is 8.26. The van der Waals surface area contributed by atoms with Crippen LogP contribution in [0.4, 0.5) is 0 Å². The molecule has 0 saturated carbocycles. The Labute approximate surface area is 141 Å². The first-order chi connectivity index (χ1) is 10.6. The molecule has 4 rings (SSSR count). The normalized spacial score (nSPS) is 25.6. The van der Waals surface area contributed by atoms with Crippen LogP contribution in [0.25, 0.3) is 0 Å². The Bertz CT molecular complexity index is 725. The highest BCUT2D eigenvalue weighted by Crippen LogP contribution is 2.53. The van der Waals surface area contributed by atoms with Gasteiger partial charge in [0.05, 0.1) is 20.6 Å². The number of quaternary nitrogens is 1. The highest BCUT2D eigenvalue weighted by molar-refractivity contribution is 7.99. The fourth-order valence-electron chi connectivity index (χ4n) is 4.26. The Hall–Kier alpha value is -0.960. The molecule has 2 aliphatic rings. The van der Waals surface area contributed by atoms with Crippen molar-refractivity contribution in [3.63, 3.8) is 0 Å². The summed E-state index contributed by atoms with van der Waals surface area (Å²) in [6, 6.07) is 15.9. The van der Waals surface area contributed by atoms with Crippen LogP contribution < -0.4 is 0 Å². The van der Waals surface area contributed by atoms with Crippen LogP contribution in [0.3, 0.4) is 0 Å². The van der Waals surface area contributed by atoms with Gasteiger partial charge in [-0.2, -0.15) is 0 Å². The van der Waals surface area contributed by atoms with E-state index < -0.39 is 0 Å². The first kappa shape index (κ1) is 14.6. The molecule has 114 valence electrons. The van der Waals surface area contributed by atoms with Crippen molar-refractivity contribution in [1.29, 1.82) is 0 Å². The molecule has 2 aliphatic heterocycles. The smallest absolute Gasteiger partial charge is 0.122 e. The van der Waals surface area contributed by atoms with Gasteiger partial charge in [-0.3, -0.25) is 0 Å². The highest BCUT2D eigenvalue weighted by atomic mass is 35.5. The number of likely N-dealkylation sites (N-methyl/N-ethyl adjacent to an activating group) is 1. The van der Waals surface area contributed by atoms with Crippen LogP contribution in [-0.2, 0) is 0 Å². The summed E-state index contributed by atoms with van der Waals surface area (Å²) in [6.45, 7) is 1.24. The molecule has 0 aromatic heterocycles. The number of hydrogen-bond donors (Lipinski definition) is 0. The first-order valence-electron chi connectivity index (χ1n) is 7.95. The quantitative estimate of drug-likeness (QED) is 0.575. The van der Waals surface area contributed by atoms with Crippen LogP contribution in [0.2, 0.25) is 5.02 Å². The zero-order valence-electron chi connectivity index (χ0n) is 13.1. The van der Waals surface area contributed by atoms with Crippen molar-refractivity contribution in [2.75, 3.05) is 20.6 Å². The maximum atomic E-state index is 6.35. The zero-order valence-corrected chi connectivity index (χ0v) is 14.6. The Morgan fingerprint density at radius 3 is 2.68 bits per heavy atom. The van der Waals surface area contributed by atoms with Crippen LogP contribution in [0.1, 0.15) is 35.9 Å². The third-order valence-corrected chi connectivity index (χ3v) is 6.63. The van der Waals surface area contributed by atoms with Gasteiger partial charge in [-0.15, -0.1) is 0 Å². The van der Waals surface area contributed by atoms with Gasteiger partial charge in [0.25, 0.3) is 0 Å². The maximum Gasteiger partial charge on any atom is 0.122 e. The molecule has 22 heavy (non-hydrogen) atoms. The topological polar surface area (TPSA) is 0 Å². The van der Waals surface area contributed by atoms with Crippen LogP contribution >= 0.6 is 23.4 Å². The van der Waals surface area contributed by atoms with Gasteiger partial charge in [-0.1, -0.05) is 41.6 Å². The lowest BCUT2D eigenvalue weighted by atomic mass is 9.79. The summed E-state index contributed by atoms with van der Waals surface area (Å²) in [7, 11) is 4.75. The predicted molar refractivity (Wildman–Crippen MR) is 93.7 cm³/mol. The largest absolute Gasteiger partial charge is 0.322 e. The standard InChI is InChI=1S/C19H21ClNS/c1-21(2)11-5-7-15-14-6-3-4-8-17(14)22-18-10-9-13(20)12-16(18)19(15)21/h3-4,6,8-10,12,15,19H,5,7,11H2,1-2H3/q+1. The summed E-state index contributed by atoms with van der Waals surface area (Å²) in [6.07, 6.45) is 2.57. The van der Waals surface area contributed by atoms with Crippen molar-refractivity contribution >= 4 is 23.4 Å². The van der Waals surface area contributed by atoms with Crippen LogP contribution in [-0.4, -0.2) is 25.1 Å². The number of halogens is 1. The number of piperidine rings is 1. The molecule has 0 spiro atoms. The van der Waals surface area contributed by atoms with Gasteiger partial charge in [0.2, 0.25) is 0 Å². The molecule has 1 saturated heterocycles. The summed E-state index contributed by atoms with van der Waals surface area (Å²) < 4.78 is 1.05. The fourth-order valence-corrected chi connectivity index (χ4v) is 5.60. The molecular weight excluding hydrogens is 310 g/mol. The summed E-state index contributed by atoms with van der Waals surface area (Å²) in [5, 5.41) is 0.856. The summed E-state index contributed by atoms with van der Waals surface area (Å²) in [5.41, 5.74) is 2.96. The van der Waals surface area contributed by atoms with Gasteiger partial charge in [-0.25, -0.2) is 0 Å². The number of rotatable bonds is 0. The second kappa shape index (κ2) is 5.30. The fraction of sp³-hybridized carbons (Fsp3) is 0.368. The number of likely N-dealkylation sites (tertiary alicyclic amines) is 1. The molecule has 1 fully saturated rings. The molecule has 0 bridgehead atoms. The van der Waals surface area contributed by atoms with E-state index in [1.54, 1.807) is 0 Å². The van der Waals surface area contributed by atoms with E-state index in [1.165, 1.54) is 40.3 Å². The summed E-state index contributed by atoms with van der Waals surface area (Å²) in [5.74, 6) is 0.590. The number of fused-ring (bicyclic) bond motifs is 5. The minimum atomic E-state index is 0.499. The average Bonchev–Trinajstić information content (AvgIpc) is 2.62. The number of nitrogens with zero attached hydrogens (tertiary/aromatic N) is 1. The molecular formula is C19H21ClNS+. The Balaban J connectivity index is 1.98. The number of hydrogen-bond acceptors (Lipinski definition) is 1. The van der Waals surface area contributed by atoms with E-state index in [2.05, 4.69) is 50.5 Å². The lowest BCUT2D eigenvalue weighted by molar-refractivity contribution is -0.928. The van der Waals surface area contributed by atoms with Crippen LogP contribution in [0.5, 0.6) is 0 Å². The van der Waals surface area contributed by atoms with Crippen molar-refractivity contribution in [3.05, 3.63) is 58.6 Å². The van der Waals surface area contributed by atoms with Gasteiger partial charge in [0.15, 0.2) is 0 Å². The molecule has 2 heterocycles. The minimum absolute atomic E-state index is 0.499. The maximum absolute atomic E-state index is 6.35. The van der Waals surface area contributed by atoms with E-state index in [-0.39, 0.29) is 0 Å². The van der Waals surface area contributed by atoms with E-state index in [4.69, 9.17) is 11.6 Å². The van der Waals surface area contributed by atoms with E-state index >= 15 is 0 Å². The molecule has 1 nitrogen and oxygen atoms in total. The van der Waals surface area contributed by atoms with Gasteiger partial charge < -0.3 is 4.48 Å². The molecule has 2 aromatic rings. The minimum Gasteiger partial charge on any atom is -0.322 e. The van der Waals surface area contributed by atoms with Gasteiger partial charge in [0.1, 0.15) is 6.04 Å². The molecule has 0 N–H and O–H groups in total. The van der Waals surface area contributed by atoms with Crippen molar-refractivity contribution in [1.82, 2.24) is 0 Å². The second-order valence-electron chi connectivity index (χ2n) is 7.02. The Morgan fingerprint density at radius 1 is 1.05 bits per heavy atom. The molecule has 0 amide bonds. The first-order valence-corrected chi connectivity index (χ1v) is 9.14. The monoisotopic (exact) mass is 330 g/mol. The number of benzene rings is 2. The van der Waals surface area contributed by atoms with E-state index in [9.17, 15) is 0 Å². The van der Waals surface area contributed by atoms with Crippen LogP contribution in [0.15, 0.2) is 52.3 Å². The molecule has 3 heteroatoms. The van der Waals surface area contributed by atoms with E-state index in [1.807, 2.05) is 17.8 Å². The van der Waals surface area contributed by atoms with Crippen molar-refractivity contribution in [2.24, 2.45) is 0 Å². The summed E-state index contributed by atoms with van der Waals surface area (Å²) in [4.78, 5) is 2.79. The zero-order chi connectivity index (χ0) is 15.3. The van der Waals surface area contributed by atoms with Gasteiger partial charge in [-0.05, 0) is 42.7 Å². The van der Waals surface area contributed by atoms with Crippen molar-refractivity contribution < 1.29 is 4.48 Å². The SMILES string of the molecule is C[N+]1(C)CCCC2c3ccccc3Sc3ccc(Cl)cc3C21. The Kier molecular flexibility index (Phi) is 3.52. The molecule has 0 aliphatic carbocycles. The molecule has 0 radical (unpaired) electrons. The average molecular weight is 331 g/mol. The van der Waals surface area contributed by atoms with E-state index in [0.29, 0.717) is 12.0 Å². The van der Waals surface area contributed by atoms with Crippen molar-refractivity contribution in [3.8, 4) is 0 Å². The van der Waals surface area contributed by atoms with E-state index in [0.717, 1.165) is 9.51 Å². The van der Waals surface area contributed by atoms with Gasteiger partial charge >= 0.3 is 0 Å². The third kappa shape index (κ3) is 2.29. The Morgan fingerprint density at radius 2 is 1.82 bits per heavy atom. The lowest BCUT2D eigenvalue weighted by Gasteiger charge is -2.46. The second-order valence-corrected chi connectivity index (χ2v) is 8.54. The molecule has 2 aromatic carbocycles. The molecule has 2 unspecified atom stereocenters. The predicted octanol–water partition coefficient (Wildman–Crippen LogP) is 5.50. The van der Waals surface area contributed by atoms with Crippen LogP contribution in [0, 0.1) is 0 Å². The molecule has 2 atom stereocenters. The van der Waals surface area contributed by atoms with Crippen molar-refractivity contribution in [2.45, 2.75) is 34.6 Å². The lowest BCUT2D eigenvalue weighted by Crippen LogP contribution is -2.49.